The molecule has 0 unspecified atom stereocenters. The molecule has 7 heteroatoms. The topological polar surface area (TPSA) is 69.0 Å². The number of carbonyl (C=O) groups is 1. The summed E-state index contributed by atoms with van der Waals surface area (Å²) in [6.45, 7) is 9.17. The molecule has 0 fully saturated rings. The lowest BCUT2D eigenvalue weighted by molar-refractivity contribution is -0.113. The molecule has 6 nitrogen and oxygen atoms in total. The molecule has 2 aromatic rings. The Bertz CT molecular complexity index is 776. The van der Waals surface area contributed by atoms with E-state index in [1.54, 1.807) is 0 Å². The van der Waals surface area contributed by atoms with Gasteiger partial charge in [-0.1, -0.05) is 62.6 Å². The lowest BCUT2D eigenvalue weighted by Gasteiger charge is -2.11. The average Bonchev–Trinajstić information content (AvgIpc) is 3.10. The molecule has 1 aromatic heterocycles. The number of rotatable bonds is 14. The van der Waals surface area contributed by atoms with Gasteiger partial charge in [0.05, 0.1) is 18.0 Å². The van der Waals surface area contributed by atoms with Crippen LogP contribution in [-0.4, -0.2) is 33.0 Å². The van der Waals surface area contributed by atoms with E-state index in [-0.39, 0.29) is 11.7 Å². The lowest BCUT2D eigenvalue weighted by atomic mass is 10.1. The fourth-order valence-electron chi connectivity index (χ4n) is 2.98. The lowest BCUT2D eigenvalue weighted by Crippen LogP contribution is -2.15. The summed E-state index contributed by atoms with van der Waals surface area (Å²) in [7, 11) is 0. The predicted molar refractivity (Wildman–Crippen MR) is 120 cm³/mol. The molecule has 0 aliphatic carbocycles. The minimum Gasteiger partial charge on any atom is -0.492 e. The Morgan fingerprint density at radius 3 is 2.76 bits per heavy atom. The third kappa shape index (κ3) is 7.57. The number of ether oxygens (including phenoxy) is 1. The number of aromatic nitrogens is 3. The largest absolute Gasteiger partial charge is 0.492 e. The number of nitrogens with zero attached hydrogens (tertiary/aromatic N) is 3. The third-order valence-corrected chi connectivity index (χ3v) is 5.37. The Labute approximate surface area is 178 Å². The van der Waals surface area contributed by atoms with Crippen molar-refractivity contribution in [3.05, 3.63) is 42.7 Å². The zero-order valence-electron chi connectivity index (χ0n) is 17.5. The van der Waals surface area contributed by atoms with Gasteiger partial charge in [0.15, 0.2) is 5.16 Å². The highest BCUT2D eigenvalue weighted by Gasteiger charge is 2.14. The number of benzene rings is 1. The molecule has 1 heterocycles. The molecular formula is C22H32N4O2S. The predicted octanol–water partition coefficient (Wildman–Crippen LogP) is 5.11. The van der Waals surface area contributed by atoms with Gasteiger partial charge >= 0.3 is 0 Å². The minimum atomic E-state index is -0.101. The summed E-state index contributed by atoms with van der Waals surface area (Å²) in [5, 5.41) is 12.3. The molecule has 1 aromatic carbocycles. The zero-order chi connectivity index (χ0) is 20.9. The first kappa shape index (κ1) is 23.0. The van der Waals surface area contributed by atoms with Crippen LogP contribution < -0.4 is 10.1 Å². The molecule has 0 saturated carbocycles. The van der Waals surface area contributed by atoms with Gasteiger partial charge in [0, 0.05) is 13.0 Å². The average molecular weight is 417 g/mol. The maximum atomic E-state index is 12.4. The van der Waals surface area contributed by atoms with E-state index >= 15 is 0 Å². The molecule has 0 bridgehead atoms. The van der Waals surface area contributed by atoms with Crippen molar-refractivity contribution < 1.29 is 9.53 Å². The van der Waals surface area contributed by atoms with E-state index in [9.17, 15) is 4.79 Å². The summed E-state index contributed by atoms with van der Waals surface area (Å²) < 4.78 is 7.61. The Kier molecular flexibility index (Phi) is 10.3. The number of nitrogens with one attached hydrogen (secondary N) is 1. The number of carbonyl (C=O) groups excluding carboxylic acids is 1. The molecular weight excluding hydrogens is 384 g/mol. The van der Waals surface area contributed by atoms with E-state index in [1.165, 1.54) is 37.4 Å². The standard InChI is InChI=1S/C22H32N4O2S/c1-4-7-8-9-10-15-20-24-25-22(26(20)16-5-2)29-17-21(27)23-18-13-11-12-14-19(18)28-6-3/h5,11-14H,2,4,6-10,15-17H2,1,3H3,(H,23,27). The second-order valence-corrected chi connectivity index (χ2v) is 7.67. The van der Waals surface area contributed by atoms with Crippen LogP contribution in [0.2, 0.25) is 0 Å². The highest BCUT2D eigenvalue weighted by molar-refractivity contribution is 7.99. The first-order valence-electron chi connectivity index (χ1n) is 10.4. The van der Waals surface area contributed by atoms with Crippen LogP contribution in [0.25, 0.3) is 0 Å². The zero-order valence-corrected chi connectivity index (χ0v) is 18.3. The van der Waals surface area contributed by atoms with Crippen LogP contribution in [0.15, 0.2) is 42.1 Å². The van der Waals surface area contributed by atoms with Crippen molar-refractivity contribution in [3.8, 4) is 5.75 Å². The molecule has 29 heavy (non-hydrogen) atoms. The Morgan fingerprint density at radius 1 is 1.21 bits per heavy atom. The number of amides is 1. The number of aryl methyl sites for hydroxylation is 1. The van der Waals surface area contributed by atoms with Gasteiger partial charge in [-0.15, -0.1) is 16.8 Å². The van der Waals surface area contributed by atoms with E-state index in [0.717, 1.165) is 23.8 Å². The van der Waals surface area contributed by atoms with Gasteiger partial charge in [-0.2, -0.15) is 0 Å². The molecule has 2 rings (SSSR count). The molecule has 0 aliphatic rings. The van der Waals surface area contributed by atoms with Gasteiger partial charge in [-0.3, -0.25) is 4.79 Å². The molecule has 0 saturated heterocycles. The van der Waals surface area contributed by atoms with Crippen molar-refractivity contribution >= 4 is 23.4 Å². The van der Waals surface area contributed by atoms with Crippen LogP contribution in [-0.2, 0) is 17.8 Å². The van der Waals surface area contributed by atoms with Gasteiger partial charge in [0.25, 0.3) is 0 Å². The van der Waals surface area contributed by atoms with Crippen molar-refractivity contribution in [2.75, 3.05) is 17.7 Å². The highest BCUT2D eigenvalue weighted by atomic mass is 32.2. The molecule has 0 aliphatic heterocycles. The van der Waals surface area contributed by atoms with Gasteiger partial charge in [0.1, 0.15) is 11.6 Å². The summed E-state index contributed by atoms with van der Waals surface area (Å²) in [5.74, 6) is 1.79. The first-order valence-corrected chi connectivity index (χ1v) is 11.4. The summed E-state index contributed by atoms with van der Waals surface area (Å²) in [6, 6.07) is 7.44. The monoisotopic (exact) mass is 416 g/mol. The van der Waals surface area contributed by atoms with Crippen LogP contribution in [0, 0.1) is 0 Å². The van der Waals surface area contributed by atoms with E-state index in [1.807, 2.05) is 37.3 Å². The SMILES string of the molecule is C=CCn1c(CCCCCCC)nnc1SCC(=O)Nc1ccccc1OCC. The van der Waals surface area contributed by atoms with Crippen LogP contribution in [0.1, 0.15) is 51.8 Å². The fraction of sp³-hybridized carbons (Fsp3) is 0.500. The maximum Gasteiger partial charge on any atom is 0.234 e. The molecule has 1 amide bonds. The third-order valence-electron chi connectivity index (χ3n) is 4.40. The van der Waals surface area contributed by atoms with Crippen molar-refractivity contribution in [2.24, 2.45) is 0 Å². The Morgan fingerprint density at radius 2 is 2.00 bits per heavy atom. The summed E-state index contributed by atoms with van der Waals surface area (Å²) >= 11 is 1.39. The number of hydrogen-bond acceptors (Lipinski definition) is 5. The van der Waals surface area contributed by atoms with E-state index in [2.05, 4.69) is 33.6 Å². The smallest absolute Gasteiger partial charge is 0.234 e. The van der Waals surface area contributed by atoms with Crippen LogP contribution in [0.5, 0.6) is 5.75 Å². The number of para-hydroxylation sites is 2. The van der Waals surface area contributed by atoms with Gasteiger partial charge < -0.3 is 14.6 Å². The summed E-state index contributed by atoms with van der Waals surface area (Å²) in [6.07, 6.45) is 8.84. The second-order valence-electron chi connectivity index (χ2n) is 6.73. The Hall–Kier alpha value is -2.28. The number of unbranched alkanes of at least 4 members (excludes halogenated alkanes) is 4. The fourth-order valence-corrected chi connectivity index (χ4v) is 3.74. The second kappa shape index (κ2) is 13.0. The van der Waals surface area contributed by atoms with E-state index in [4.69, 9.17) is 4.74 Å². The normalized spacial score (nSPS) is 10.7. The van der Waals surface area contributed by atoms with E-state index in [0.29, 0.717) is 24.6 Å². The molecule has 0 radical (unpaired) electrons. The summed E-state index contributed by atoms with van der Waals surface area (Å²) in [5.41, 5.74) is 0.681. The maximum absolute atomic E-state index is 12.4. The van der Waals surface area contributed by atoms with Crippen molar-refractivity contribution in [3.63, 3.8) is 0 Å². The van der Waals surface area contributed by atoms with Crippen LogP contribution in [0.4, 0.5) is 5.69 Å². The highest BCUT2D eigenvalue weighted by Crippen LogP contribution is 2.25. The first-order chi connectivity index (χ1) is 14.2. The summed E-state index contributed by atoms with van der Waals surface area (Å²) in [4.78, 5) is 12.4. The van der Waals surface area contributed by atoms with Gasteiger partial charge in [-0.05, 0) is 25.5 Å². The van der Waals surface area contributed by atoms with Crippen LogP contribution in [0.3, 0.4) is 0 Å². The molecule has 0 atom stereocenters. The van der Waals surface area contributed by atoms with Gasteiger partial charge in [-0.25, -0.2) is 0 Å². The van der Waals surface area contributed by atoms with Crippen LogP contribution >= 0.6 is 11.8 Å². The molecule has 0 spiro atoms. The van der Waals surface area contributed by atoms with Crippen molar-refractivity contribution in [2.45, 2.75) is 64.1 Å². The van der Waals surface area contributed by atoms with Crippen molar-refractivity contribution in [1.82, 2.24) is 14.8 Å². The molecule has 1 N–H and O–H groups in total. The van der Waals surface area contributed by atoms with Gasteiger partial charge in [0.2, 0.25) is 5.91 Å². The van der Waals surface area contributed by atoms with Crippen molar-refractivity contribution in [1.29, 1.82) is 0 Å². The quantitative estimate of drug-likeness (QED) is 0.263. The number of allylic oxidation sites excluding steroid dienone is 1. The molecule has 158 valence electrons. The number of thioether (sulfide) groups is 1. The minimum absolute atomic E-state index is 0.101. The number of hydrogen-bond donors (Lipinski definition) is 1. The van der Waals surface area contributed by atoms with E-state index < -0.39 is 0 Å². The number of anilines is 1. The Balaban J connectivity index is 1.92.